The highest BCUT2D eigenvalue weighted by Crippen LogP contribution is 2.46. The maximum absolute atomic E-state index is 10.1. The Labute approximate surface area is 253 Å². The van der Waals surface area contributed by atoms with E-state index >= 15 is 0 Å². The minimum absolute atomic E-state index is 0.0755. The molecule has 2 aromatic rings. The van der Waals surface area contributed by atoms with Crippen molar-refractivity contribution in [2.75, 3.05) is 18.5 Å². The van der Waals surface area contributed by atoms with Gasteiger partial charge in [-0.05, 0) is 102 Å². The summed E-state index contributed by atoms with van der Waals surface area (Å²) in [6.07, 6.45) is 22.0. The zero-order valence-corrected chi connectivity index (χ0v) is 26.0. The van der Waals surface area contributed by atoms with Gasteiger partial charge in [-0.1, -0.05) is 83.1 Å². The summed E-state index contributed by atoms with van der Waals surface area (Å²) in [6.45, 7) is 4.90. The van der Waals surface area contributed by atoms with Crippen molar-refractivity contribution in [3.05, 3.63) is 59.3 Å². The molecule has 4 unspecified atom stereocenters. The molecule has 6 rings (SSSR count). The van der Waals surface area contributed by atoms with Crippen molar-refractivity contribution in [2.45, 2.75) is 109 Å². The number of benzene rings is 2. The third-order valence-electron chi connectivity index (χ3n) is 11.6. The van der Waals surface area contributed by atoms with Crippen LogP contribution in [-0.4, -0.2) is 29.6 Å². The van der Waals surface area contributed by atoms with E-state index in [1.165, 1.54) is 65.6 Å². The molecule has 4 nitrogen and oxygen atoms in total. The van der Waals surface area contributed by atoms with Crippen molar-refractivity contribution in [3.8, 4) is 11.1 Å². The molecule has 0 aromatic heterocycles. The monoisotopic (exact) mass is 568 g/mol. The molecule has 2 aliphatic heterocycles. The summed E-state index contributed by atoms with van der Waals surface area (Å²) in [7, 11) is 0. The Balaban J connectivity index is 1.32. The molecule has 0 spiro atoms. The van der Waals surface area contributed by atoms with Crippen molar-refractivity contribution in [1.82, 2.24) is 0 Å². The fourth-order valence-corrected chi connectivity index (χ4v) is 8.54. The molecular weight excluding hydrogens is 516 g/mol. The Morgan fingerprint density at radius 1 is 0.952 bits per heavy atom. The molecular formula is C38H52N2O2. The summed E-state index contributed by atoms with van der Waals surface area (Å²) < 4.78 is 0. The van der Waals surface area contributed by atoms with Crippen LogP contribution in [0.25, 0.3) is 11.1 Å². The number of allylic oxidation sites excluding steroid dienone is 1. The van der Waals surface area contributed by atoms with Crippen LogP contribution < -0.4 is 5.32 Å². The molecule has 0 saturated heterocycles. The van der Waals surface area contributed by atoms with E-state index in [9.17, 15) is 10.2 Å². The van der Waals surface area contributed by atoms with Gasteiger partial charge in [-0.15, -0.1) is 0 Å². The van der Waals surface area contributed by atoms with Crippen molar-refractivity contribution in [2.24, 2.45) is 28.2 Å². The first-order valence-corrected chi connectivity index (χ1v) is 17.0. The van der Waals surface area contributed by atoms with E-state index in [0.29, 0.717) is 23.7 Å². The van der Waals surface area contributed by atoms with Crippen LogP contribution in [0.5, 0.6) is 0 Å². The number of rotatable bonds is 7. The molecule has 2 aliphatic carbocycles. The number of aliphatic hydroxyl groups is 2. The molecule has 4 atom stereocenters. The predicted molar refractivity (Wildman–Crippen MR) is 176 cm³/mol. The van der Waals surface area contributed by atoms with Gasteiger partial charge in [-0.2, -0.15) is 0 Å². The van der Waals surface area contributed by atoms with Gasteiger partial charge < -0.3 is 15.5 Å². The standard InChI is InChI=1S/C38H52N2O2/c1-3-27-15-18-39-36-22-32(29-11-7-8-16-38(24-41,25-42)17-14-29)20-34(37(27)36)30-12-13-31-19-33(23-40-35(31)21-30)26(2)28-9-5-4-6-10-28/h12-13,15,18,20-23,26-29,33,39,41-42H,3-11,14,16-17,19,24-25H2,1-2H3. The maximum atomic E-state index is 10.1. The minimum atomic E-state index is -0.340. The van der Waals surface area contributed by atoms with Crippen LogP contribution in [0.2, 0.25) is 0 Å². The molecule has 0 bridgehead atoms. The summed E-state index contributed by atoms with van der Waals surface area (Å²) in [5.74, 6) is 2.92. The summed E-state index contributed by atoms with van der Waals surface area (Å²) in [5, 5.41) is 23.9. The third kappa shape index (κ3) is 5.99. The molecule has 42 heavy (non-hydrogen) atoms. The molecule has 0 radical (unpaired) electrons. The molecule has 4 aliphatic rings. The quantitative estimate of drug-likeness (QED) is 0.312. The average Bonchev–Trinajstić information content (AvgIpc) is 3.04. The zero-order chi connectivity index (χ0) is 29.1. The number of hydrogen-bond acceptors (Lipinski definition) is 4. The second-order valence-electron chi connectivity index (χ2n) is 14.1. The number of aliphatic imine (C=N–C) groups is 1. The van der Waals surface area contributed by atoms with Crippen LogP contribution >= 0.6 is 0 Å². The largest absolute Gasteiger partial charge is 0.396 e. The van der Waals surface area contributed by atoms with Gasteiger partial charge in [0.15, 0.2) is 0 Å². The first kappa shape index (κ1) is 29.6. The first-order chi connectivity index (χ1) is 20.5. The number of fused-ring (bicyclic) bond motifs is 2. The second kappa shape index (κ2) is 13.1. The Bertz CT molecular complexity index is 1290. The summed E-state index contributed by atoms with van der Waals surface area (Å²) >= 11 is 0. The number of nitrogens with zero attached hydrogens (tertiary/aromatic N) is 1. The molecule has 2 fully saturated rings. The fourth-order valence-electron chi connectivity index (χ4n) is 8.54. The lowest BCUT2D eigenvalue weighted by Crippen LogP contribution is -2.31. The molecule has 3 N–H and O–H groups in total. The van der Waals surface area contributed by atoms with E-state index in [2.05, 4.69) is 68.0 Å². The molecule has 2 saturated carbocycles. The number of aliphatic hydroxyl groups excluding tert-OH is 2. The van der Waals surface area contributed by atoms with E-state index < -0.39 is 0 Å². The molecule has 226 valence electrons. The van der Waals surface area contributed by atoms with Crippen LogP contribution in [0.15, 0.2) is 47.6 Å². The van der Waals surface area contributed by atoms with E-state index in [-0.39, 0.29) is 18.6 Å². The number of anilines is 1. The average molecular weight is 569 g/mol. The van der Waals surface area contributed by atoms with Gasteiger partial charge >= 0.3 is 0 Å². The van der Waals surface area contributed by atoms with Crippen LogP contribution in [0, 0.1) is 23.2 Å². The Hall–Kier alpha value is -2.43. The zero-order valence-electron chi connectivity index (χ0n) is 26.0. The molecule has 0 amide bonds. The van der Waals surface area contributed by atoms with Gasteiger partial charge in [0.1, 0.15) is 0 Å². The predicted octanol–water partition coefficient (Wildman–Crippen LogP) is 9.29. The van der Waals surface area contributed by atoms with Gasteiger partial charge in [0.05, 0.1) is 18.9 Å². The van der Waals surface area contributed by atoms with Gasteiger partial charge in [0, 0.05) is 29.2 Å². The highest BCUT2D eigenvalue weighted by atomic mass is 16.3. The normalized spacial score (nSPS) is 26.4. The van der Waals surface area contributed by atoms with E-state index in [0.717, 1.165) is 63.0 Å². The third-order valence-corrected chi connectivity index (χ3v) is 11.6. The number of hydrogen-bond donors (Lipinski definition) is 3. The topological polar surface area (TPSA) is 64.8 Å². The van der Waals surface area contributed by atoms with E-state index in [1.54, 1.807) is 0 Å². The van der Waals surface area contributed by atoms with Crippen LogP contribution in [0.1, 0.15) is 119 Å². The maximum Gasteiger partial charge on any atom is 0.0664 e. The van der Waals surface area contributed by atoms with Crippen LogP contribution in [-0.2, 0) is 6.42 Å². The fraction of sp³-hybridized carbons (Fsp3) is 0.605. The lowest BCUT2D eigenvalue weighted by atomic mass is 9.72. The summed E-state index contributed by atoms with van der Waals surface area (Å²) in [5.41, 5.74) is 8.82. The van der Waals surface area contributed by atoms with Crippen LogP contribution in [0.3, 0.4) is 0 Å². The first-order valence-electron chi connectivity index (χ1n) is 17.0. The van der Waals surface area contributed by atoms with Crippen LogP contribution in [0.4, 0.5) is 11.4 Å². The lowest BCUT2D eigenvalue weighted by Gasteiger charge is -2.35. The number of nitrogens with one attached hydrogen (secondary N) is 1. The highest BCUT2D eigenvalue weighted by molar-refractivity contribution is 5.82. The minimum Gasteiger partial charge on any atom is -0.396 e. The second-order valence-corrected chi connectivity index (χ2v) is 14.1. The summed E-state index contributed by atoms with van der Waals surface area (Å²) in [4.78, 5) is 5.10. The van der Waals surface area contributed by atoms with E-state index in [4.69, 9.17) is 4.99 Å². The molecule has 4 heteroatoms. The molecule has 2 aromatic carbocycles. The van der Waals surface area contributed by atoms with Gasteiger partial charge in [0.2, 0.25) is 0 Å². The summed E-state index contributed by atoms with van der Waals surface area (Å²) in [6, 6.07) is 11.9. The lowest BCUT2D eigenvalue weighted by molar-refractivity contribution is 0.0302. The Kier molecular flexibility index (Phi) is 9.21. The van der Waals surface area contributed by atoms with Crippen molar-refractivity contribution >= 4 is 17.6 Å². The SMILES string of the molecule is CCC1C=CNc2cc(C3CCCCC(CO)(CO)CC3)cc(-c3ccc4c(c3)N=CC(C(C)C3CCCCC3)C4)c21. The van der Waals surface area contributed by atoms with Gasteiger partial charge in [-0.3, -0.25) is 4.99 Å². The Morgan fingerprint density at radius 3 is 2.55 bits per heavy atom. The van der Waals surface area contributed by atoms with Crippen molar-refractivity contribution < 1.29 is 10.2 Å². The smallest absolute Gasteiger partial charge is 0.0664 e. The van der Waals surface area contributed by atoms with Crippen molar-refractivity contribution in [3.63, 3.8) is 0 Å². The highest BCUT2D eigenvalue weighted by Gasteiger charge is 2.33. The molecule has 2 heterocycles. The van der Waals surface area contributed by atoms with E-state index in [1.807, 2.05) is 0 Å². The van der Waals surface area contributed by atoms with Gasteiger partial charge in [0.25, 0.3) is 0 Å². The van der Waals surface area contributed by atoms with Gasteiger partial charge in [-0.25, -0.2) is 0 Å². The Morgan fingerprint density at radius 2 is 1.76 bits per heavy atom. The van der Waals surface area contributed by atoms with Crippen molar-refractivity contribution in [1.29, 1.82) is 0 Å².